The highest BCUT2D eigenvalue weighted by Gasteiger charge is 2.52. The van der Waals surface area contributed by atoms with Gasteiger partial charge < -0.3 is 43.9 Å². The average Bonchev–Trinajstić information content (AvgIpc) is 3.76. The maximum Gasteiger partial charge on any atom is 0.317 e. The molecule has 0 spiro atoms. The Morgan fingerprint density at radius 1 is 1.02 bits per heavy atom. The number of nitrogens with zero attached hydrogens (tertiary/aromatic N) is 5. The van der Waals surface area contributed by atoms with Crippen molar-refractivity contribution in [1.29, 1.82) is 0 Å². The van der Waals surface area contributed by atoms with Crippen LogP contribution in [0, 0.1) is 23.7 Å². The molecule has 0 aliphatic carbocycles. The number of hydrogen-bond acceptors (Lipinski definition) is 15. The van der Waals surface area contributed by atoms with Gasteiger partial charge in [-0.05, 0) is 92.9 Å². The molecule has 18 heteroatoms. The number of carbonyl (C=O) groups excluding carboxylic acids is 3. The molecule has 0 saturated carbocycles. The number of likely N-dealkylation sites (N-methyl/N-ethyl adjacent to an activating group) is 1. The number of ether oxygens (including phenoxy) is 5. The molecule has 0 bridgehead atoms. The van der Waals surface area contributed by atoms with Gasteiger partial charge in [0.25, 0.3) is 0 Å². The summed E-state index contributed by atoms with van der Waals surface area (Å²) in [6.45, 7) is 10.6. The third-order valence-electron chi connectivity index (χ3n) is 13.2. The third-order valence-corrected chi connectivity index (χ3v) is 14.7. The summed E-state index contributed by atoms with van der Waals surface area (Å²) in [6.07, 6.45) is -0.249. The normalized spacial score (nSPS) is 34.6. The molecule has 2 aliphatic heterocycles. The van der Waals surface area contributed by atoms with Crippen LogP contribution in [0.3, 0.4) is 0 Å². The minimum absolute atomic E-state index is 0.0194. The van der Waals surface area contributed by atoms with Gasteiger partial charge in [-0.3, -0.25) is 19.4 Å². The van der Waals surface area contributed by atoms with E-state index in [1.54, 1.807) is 62.0 Å². The first kappa shape index (κ1) is 51.6. The monoisotopic (exact) mass is 1010 g/mol. The number of aromatic nitrogens is 4. The van der Waals surface area contributed by atoms with Crippen molar-refractivity contribution in [1.82, 2.24) is 24.9 Å². The second-order valence-electron chi connectivity index (χ2n) is 18.0. The lowest BCUT2D eigenvalue weighted by Gasteiger charge is -2.47. The quantitative estimate of drug-likeness (QED) is 0.0905. The summed E-state index contributed by atoms with van der Waals surface area (Å²) >= 11 is 1.68. The molecule has 64 heavy (non-hydrogen) atoms. The number of alkyl halides is 2. The first-order valence-corrected chi connectivity index (χ1v) is 23.0. The Morgan fingerprint density at radius 3 is 2.31 bits per heavy atom. The third kappa shape index (κ3) is 11.4. The molecular formula is C46H65FIN5O11. The van der Waals surface area contributed by atoms with Crippen LogP contribution in [0.15, 0.2) is 55.0 Å². The second kappa shape index (κ2) is 22.0. The molecule has 2 aromatic heterocycles. The lowest BCUT2D eigenvalue weighted by molar-refractivity contribution is -0.296. The van der Waals surface area contributed by atoms with E-state index < -0.39 is 106 Å². The molecule has 16 nitrogen and oxygen atoms in total. The van der Waals surface area contributed by atoms with E-state index in [1.165, 1.54) is 39.7 Å². The van der Waals surface area contributed by atoms with Gasteiger partial charge in [0.15, 0.2) is 16.2 Å². The topological polar surface area (TPSA) is 205 Å². The summed E-state index contributed by atoms with van der Waals surface area (Å²) in [5.41, 5.74) is -0.0722. The summed E-state index contributed by atoms with van der Waals surface area (Å²) in [4.78, 5) is 47.5. The highest BCUT2D eigenvalue weighted by atomic mass is 127. The second-order valence-corrected chi connectivity index (χ2v) is 19.1. The Hall–Kier alpha value is -3.34. The Labute approximate surface area is 388 Å². The van der Waals surface area contributed by atoms with Crippen molar-refractivity contribution in [3.63, 3.8) is 0 Å². The van der Waals surface area contributed by atoms with Crippen molar-refractivity contribution >= 4 is 40.1 Å². The van der Waals surface area contributed by atoms with Crippen LogP contribution in [0.1, 0.15) is 84.7 Å². The molecule has 0 unspecified atom stereocenters. The standard InChI is InChI=1S/C46H65FIN5O11/c1-25-21-45(6,61-10)41(28(4)37(55)29(5)42(58)64-44(48)46(7,59)40(57)27(3)36(25)54)63-43-38(56)34(20-26(2)62-43)52(8)19-17-33-24-53(51-50-33)35(22-47)39(60-9)31-15-13-30(14-16-31)32-12-11-18-49-23-32/h11-16,18,23-29,34-35,38-41,43-44,56-57,59H,17,19-22H2,1-10H3/t25-,26-,27+,28+,29-,34+,35-,38-,39-,40-,41-,43+,44+,45-,46+/m1/s1. The number of esters is 1. The number of halogens is 2. The summed E-state index contributed by atoms with van der Waals surface area (Å²) < 4.78 is 45.2. The van der Waals surface area contributed by atoms with Crippen molar-refractivity contribution < 1.29 is 57.8 Å². The maximum absolute atomic E-state index is 14.7. The Balaban J connectivity index is 1.32. The average molecular weight is 1010 g/mol. The van der Waals surface area contributed by atoms with E-state index in [0.717, 1.165) is 16.7 Å². The number of carbonyl (C=O) groups is 3. The fourth-order valence-electron chi connectivity index (χ4n) is 9.02. The number of Topliss-reactive ketones (excluding diaryl/α,β-unsaturated/α-hetero) is 2. The van der Waals surface area contributed by atoms with Gasteiger partial charge in [0.05, 0.1) is 29.6 Å². The van der Waals surface area contributed by atoms with Gasteiger partial charge in [0, 0.05) is 69.6 Å². The number of benzene rings is 1. The van der Waals surface area contributed by atoms with Crippen LogP contribution in [0.4, 0.5) is 4.39 Å². The molecule has 5 rings (SSSR count). The molecule has 15 atom stereocenters. The minimum Gasteiger partial charge on any atom is -0.448 e. The van der Waals surface area contributed by atoms with Crippen LogP contribution in [0.25, 0.3) is 11.1 Å². The summed E-state index contributed by atoms with van der Waals surface area (Å²) in [7, 11) is 4.81. The highest BCUT2D eigenvalue weighted by molar-refractivity contribution is 14.1. The van der Waals surface area contributed by atoms with Gasteiger partial charge in [-0.2, -0.15) is 0 Å². The molecule has 0 radical (unpaired) electrons. The predicted octanol–water partition coefficient (Wildman–Crippen LogP) is 4.87. The number of aliphatic hydroxyl groups excluding tert-OH is 2. The van der Waals surface area contributed by atoms with Gasteiger partial charge in [-0.15, -0.1) is 5.10 Å². The van der Waals surface area contributed by atoms with Gasteiger partial charge in [0.2, 0.25) is 0 Å². The van der Waals surface area contributed by atoms with Crippen molar-refractivity contribution in [2.24, 2.45) is 23.7 Å². The summed E-state index contributed by atoms with van der Waals surface area (Å²) in [6, 6.07) is 10.2. The first-order chi connectivity index (χ1) is 30.2. The van der Waals surface area contributed by atoms with Gasteiger partial charge in [-0.25, -0.2) is 9.07 Å². The van der Waals surface area contributed by atoms with E-state index in [9.17, 15) is 34.1 Å². The maximum atomic E-state index is 14.7. The fourth-order valence-corrected chi connectivity index (χ4v) is 9.64. The SMILES string of the molecule is CO[C@H](c1ccc(-c2cccnc2)cc1)[C@@H](CF)n1cc(CCN(C)[C@H]2C[C@@H](C)O[C@@H](O[C@@H]3[C@@H](C)C(=O)[C@@H](C)C(=O)O[C@H](I)[C@@](C)(O)[C@H](O)[C@@H](C)C(=O)[C@H](C)C[C@@]3(C)OC)[C@@H]2O)nn1. The fraction of sp³-hybridized carbons (Fsp3) is 0.652. The van der Waals surface area contributed by atoms with Crippen LogP contribution in [0.5, 0.6) is 0 Å². The molecule has 4 heterocycles. The molecule has 1 aromatic carbocycles. The minimum atomic E-state index is -2.02. The van der Waals surface area contributed by atoms with E-state index >= 15 is 0 Å². The van der Waals surface area contributed by atoms with Gasteiger partial charge in [0.1, 0.15) is 42.2 Å². The van der Waals surface area contributed by atoms with E-state index in [-0.39, 0.29) is 12.2 Å². The molecule has 3 aromatic rings. The number of ketones is 2. The number of rotatable bonds is 13. The van der Waals surface area contributed by atoms with Crippen LogP contribution in [0.2, 0.25) is 0 Å². The lowest BCUT2D eigenvalue weighted by atomic mass is 9.75. The zero-order valence-corrected chi connectivity index (χ0v) is 40.5. The Kier molecular flexibility index (Phi) is 17.7. The summed E-state index contributed by atoms with van der Waals surface area (Å²) in [5, 5.41) is 43.0. The molecule has 2 saturated heterocycles. The summed E-state index contributed by atoms with van der Waals surface area (Å²) in [5.74, 6) is -6.06. The van der Waals surface area contributed by atoms with E-state index in [2.05, 4.69) is 15.3 Å². The molecule has 2 fully saturated rings. The van der Waals surface area contributed by atoms with Crippen molar-refractivity contribution in [3.05, 3.63) is 66.2 Å². The van der Waals surface area contributed by atoms with Crippen LogP contribution in [-0.4, -0.2) is 144 Å². The number of pyridine rings is 1. The largest absolute Gasteiger partial charge is 0.448 e. The van der Waals surface area contributed by atoms with Crippen LogP contribution < -0.4 is 0 Å². The number of hydrogen-bond donors (Lipinski definition) is 3. The lowest BCUT2D eigenvalue weighted by Crippen LogP contribution is -2.60. The predicted molar refractivity (Wildman–Crippen MR) is 242 cm³/mol. The zero-order chi connectivity index (χ0) is 47.3. The zero-order valence-electron chi connectivity index (χ0n) is 38.3. The highest BCUT2D eigenvalue weighted by Crippen LogP contribution is 2.39. The van der Waals surface area contributed by atoms with Gasteiger partial charge >= 0.3 is 5.97 Å². The van der Waals surface area contributed by atoms with Crippen molar-refractivity contribution in [2.45, 2.75) is 132 Å². The molecule has 0 amide bonds. The van der Waals surface area contributed by atoms with Gasteiger partial charge in [-0.1, -0.05) is 56.3 Å². The van der Waals surface area contributed by atoms with E-state index in [4.69, 9.17) is 23.7 Å². The number of methoxy groups -OCH3 is 2. The number of aliphatic hydroxyl groups is 3. The molecular weight excluding hydrogens is 944 g/mol. The van der Waals surface area contributed by atoms with E-state index in [1.807, 2.05) is 55.3 Å². The number of cyclic esters (lactones) is 1. The molecule has 3 N–H and O–H groups in total. The Bertz CT molecular complexity index is 2010. The Morgan fingerprint density at radius 2 is 1.70 bits per heavy atom. The smallest absolute Gasteiger partial charge is 0.317 e. The van der Waals surface area contributed by atoms with E-state index in [0.29, 0.717) is 25.1 Å². The van der Waals surface area contributed by atoms with Crippen molar-refractivity contribution in [2.75, 3.05) is 34.5 Å². The first-order valence-electron chi connectivity index (χ1n) is 21.8. The molecule has 2 aliphatic rings. The molecule has 354 valence electrons. The van der Waals surface area contributed by atoms with Crippen molar-refractivity contribution in [3.8, 4) is 11.1 Å². The van der Waals surface area contributed by atoms with Crippen LogP contribution in [-0.2, 0) is 44.5 Å². The van der Waals surface area contributed by atoms with Crippen LogP contribution >= 0.6 is 22.6 Å².